The standard InChI is InChI=1S/C17H13BrN4O2/c18-12-8-6-11(7-9-12)14-10-15(20-19-14)16-17(23)24-21-22(16)13-4-2-1-3-5-13/h1-9,14,21H,10H2/b16-15+. The van der Waals surface area contributed by atoms with E-state index in [2.05, 4.69) is 31.7 Å². The molecule has 1 atom stereocenters. The Bertz CT molecular complexity index is 833. The first-order valence-electron chi connectivity index (χ1n) is 7.44. The summed E-state index contributed by atoms with van der Waals surface area (Å²) in [6, 6.07) is 17.3. The van der Waals surface area contributed by atoms with Crippen LogP contribution in [0.25, 0.3) is 0 Å². The van der Waals surface area contributed by atoms with E-state index in [4.69, 9.17) is 4.84 Å². The normalized spacial score (nSPS) is 23.0. The zero-order valence-electron chi connectivity index (χ0n) is 12.5. The van der Waals surface area contributed by atoms with Gasteiger partial charge in [0.05, 0.1) is 11.4 Å². The largest absolute Gasteiger partial charge is 0.378 e. The van der Waals surface area contributed by atoms with Crippen LogP contribution >= 0.6 is 15.9 Å². The molecule has 2 aliphatic heterocycles. The van der Waals surface area contributed by atoms with E-state index in [0.29, 0.717) is 17.8 Å². The molecular weight excluding hydrogens is 372 g/mol. The molecule has 0 amide bonds. The monoisotopic (exact) mass is 384 g/mol. The zero-order valence-corrected chi connectivity index (χ0v) is 14.1. The fraction of sp³-hybridized carbons (Fsp3) is 0.118. The minimum Gasteiger partial charge on any atom is -0.345 e. The number of azo groups is 1. The van der Waals surface area contributed by atoms with Crippen molar-refractivity contribution in [2.75, 3.05) is 5.01 Å². The van der Waals surface area contributed by atoms with Crippen LogP contribution in [0.3, 0.4) is 0 Å². The van der Waals surface area contributed by atoms with Gasteiger partial charge in [-0.2, -0.15) is 10.2 Å². The maximum absolute atomic E-state index is 12.1. The van der Waals surface area contributed by atoms with Gasteiger partial charge in [-0.3, -0.25) is 0 Å². The molecule has 2 aromatic rings. The van der Waals surface area contributed by atoms with Gasteiger partial charge in [0.15, 0.2) is 5.70 Å². The first-order valence-corrected chi connectivity index (χ1v) is 8.23. The summed E-state index contributed by atoms with van der Waals surface area (Å²) >= 11 is 3.42. The van der Waals surface area contributed by atoms with E-state index in [-0.39, 0.29) is 6.04 Å². The van der Waals surface area contributed by atoms with Crippen LogP contribution < -0.4 is 10.6 Å². The molecule has 4 rings (SSSR count). The number of nitrogens with one attached hydrogen (secondary N) is 1. The van der Waals surface area contributed by atoms with Gasteiger partial charge in [0.25, 0.3) is 0 Å². The molecule has 2 aromatic carbocycles. The lowest BCUT2D eigenvalue weighted by atomic mass is 10.0. The van der Waals surface area contributed by atoms with Crippen molar-refractivity contribution >= 4 is 27.6 Å². The Balaban J connectivity index is 1.65. The van der Waals surface area contributed by atoms with Crippen molar-refractivity contribution in [2.45, 2.75) is 12.5 Å². The first-order chi connectivity index (χ1) is 11.7. The minimum absolute atomic E-state index is 0.0911. The highest BCUT2D eigenvalue weighted by molar-refractivity contribution is 9.10. The van der Waals surface area contributed by atoms with Gasteiger partial charge < -0.3 is 4.84 Å². The number of hydrazine groups is 1. The lowest BCUT2D eigenvalue weighted by Crippen LogP contribution is -2.29. The Labute approximate surface area is 146 Å². The van der Waals surface area contributed by atoms with E-state index >= 15 is 0 Å². The molecule has 1 N–H and O–H groups in total. The van der Waals surface area contributed by atoms with Crippen LogP contribution in [-0.4, -0.2) is 5.97 Å². The molecule has 0 saturated carbocycles. The summed E-state index contributed by atoms with van der Waals surface area (Å²) < 4.78 is 1.01. The van der Waals surface area contributed by atoms with Crippen molar-refractivity contribution in [3.8, 4) is 0 Å². The summed E-state index contributed by atoms with van der Waals surface area (Å²) in [5, 5.41) is 10.1. The van der Waals surface area contributed by atoms with Crippen molar-refractivity contribution in [3.63, 3.8) is 0 Å². The SMILES string of the molecule is O=C1ONN(c2ccccc2)/C1=C1\CC(c2ccc(Br)cc2)N=N1. The van der Waals surface area contributed by atoms with E-state index in [1.165, 1.54) is 0 Å². The molecule has 0 aromatic heterocycles. The molecular formula is C17H13BrN4O2. The second kappa shape index (κ2) is 6.18. The van der Waals surface area contributed by atoms with Crippen molar-refractivity contribution < 1.29 is 9.63 Å². The number of para-hydroxylation sites is 1. The third-order valence-electron chi connectivity index (χ3n) is 3.89. The number of rotatable bonds is 2. The average molecular weight is 385 g/mol. The fourth-order valence-electron chi connectivity index (χ4n) is 2.70. The van der Waals surface area contributed by atoms with Crippen molar-refractivity contribution in [2.24, 2.45) is 10.2 Å². The van der Waals surface area contributed by atoms with Gasteiger partial charge in [0.1, 0.15) is 6.04 Å². The molecule has 120 valence electrons. The van der Waals surface area contributed by atoms with Crippen LogP contribution in [0.15, 0.2) is 80.7 Å². The van der Waals surface area contributed by atoms with Gasteiger partial charge in [-0.25, -0.2) is 9.80 Å². The number of hydrogen-bond acceptors (Lipinski definition) is 6. The number of hydrogen-bond donors (Lipinski definition) is 1. The van der Waals surface area contributed by atoms with Crippen LogP contribution in [0.5, 0.6) is 0 Å². The average Bonchev–Trinajstić information content (AvgIpc) is 3.23. The molecule has 1 unspecified atom stereocenters. The fourth-order valence-corrected chi connectivity index (χ4v) is 2.96. The highest BCUT2D eigenvalue weighted by Crippen LogP contribution is 2.37. The van der Waals surface area contributed by atoms with Gasteiger partial charge in [-0.1, -0.05) is 51.9 Å². The molecule has 7 heteroatoms. The second-order valence-electron chi connectivity index (χ2n) is 5.43. The maximum Gasteiger partial charge on any atom is 0.378 e. The molecule has 1 saturated heterocycles. The van der Waals surface area contributed by atoms with Gasteiger partial charge in [-0.15, -0.1) is 0 Å². The predicted molar refractivity (Wildman–Crippen MR) is 91.5 cm³/mol. The Hall–Kier alpha value is -2.51. The van der Waals surface area contributed by atoms with Crippen LogP contribution in [0.2, 0.25) is 0 Å². The molecule has 0 aliphatic carbocycles. The number of benzene rings is 2. The minimum atomic E-state index is -0.454. The number of nitrogens with zero attached hydrogens (tertiary/aromatic N) is 3. The molecule has 0 bridgehead atoms. The van der Waals surface area contributed by atoms with Crippen LogP contribution in [0, 0.1) is 0 Å². The third kappa shape index (κ3) is 2.72. The number of carbonyl (C=O) groups is 1. The zero-order chi connectivity index (χ0) is 16.5. The molecule has 0 radical (unpaired) electrons. The van der Waals surface area contributed by atoms with E-state index in [1.807, 2.05) is 54.6 Å². The Morgan fingerprint density at radius 1 is 1.12 bits per heavy atom. The van der Waals surface area contributed by atoms with E-state index in [1.54, 1.807) is 5.01 Å². The highest BCUT2D eigenvalue weighted by atomic mass is 79.9. The predicted octanol–water partition coefficient (Wildman–Crippen LogP) is 4.04. The number of halogens is 1. The summed E-state index contributed by atoms with van der Waals surface area (Å²) in [5.41, 5.74) is 5.48. The molecule has 24 heavy (non-hydrogen) atoms. The van der Waals surface area contributed by atoms with Crippen LogP contribution in [-0.2, 0) is 9.63 Å². The van der Waals surface area contributed by atoms with E-state index in [0.717, 1.165) is 15.7 Å². The van der Waals surface area contributed by atoms with Crippen LogP contribution in [0.1, 0.15) is 18.0 Å². The highest BCUT2D eigenvalue weighted by Gasteiger charge is 2.35. The van der Waals surface area contributed by atoms with E-state index < -0.39 is 5.97 Å². The molecule has 1 fully saturated rings. The second-order valence-corrected chi connectivity index (χ2v) is 6.35. The van der Waals surface area contributed by atoms with Gasteiger partial charge >= 0.3 is 5.97 Å². The topological polar surface area (TPSA) is 66.3 Å². The van der Waals surface area contributed by atoms with E-state index in [9.17, 15) is 4.79 Å². The lowest BCUT2D eigenvalue weighted by Gasteiger charge is -2.16. The third-order valence-corrected chi connectivity index (χ3v) is 4.42. The summed E-state index contributed by atoms with van der Waals surface area (Å²) in [6.45, 7) is 0. The molecule has 0 spiro atoms. The van der Waals surface area contributed by atoms with Crippen LogP contribution in [0.4, 0.5) is 5.69 Å². The number of anilines is 1. The lowest BCUT2D eigenvalue weighted by molar-refractivity contribution is -0.140. The van der Waals surface area contributed by atoms with Gasteiger partial charge in [0, 0.05) is 10.9 Å². The van der Waals surface area contributed by atoms with Gasteiger partial charge in [-0.05, 0) is 29.8 Å². The van der Waals surface area contributed by atoms with Crippen molar-refractivity contribution in [3.05, 3.63) is 76.0 Å². The van der Waals surface area contributed by atoms with Crippen molar-refractivity contribution in [1.82, 2.24) is 5.59 Å². The Morgan fingerprint density at radius 2 is 1.88 bits per heavy atom. The smallest absolute Gasteiger partial charge is 0.345 e. The molecule has 2 aliphatic rings. The first kappa shape index (κ1) is 15.0. The Kier molecular flexibility index (Phi) is 3.87. The molecule has 2 heterocycles. The summed E-state index contributed by atoms with van der Waals surface area (Å²) in [4.78, 5) is 17.1. The molecule has 6 nitrogen and oxygen atoms in total. The quantitative estimate of drug-likeness (QED) is 0.793. The summed E-state index contributed by atoms with van der Waals surface area (Å²) in [6.07, 6.45) is 0.553. The summed E-state index contributed by atoms with van der Waals surface area (Å²) in [5.74, 6) is -0.454. The van der Waals surface area contributed by atoms with Gasteiger partial charge in [0.2, 0.25) is 0 Å². The Morgan fingerprint density at radius 3 is 2.62 bits per heavy atom. The number of carbonyl (C=O) groups excluding carboxylic acids is 1. The summed E-state index contributed by atoms with van der Waals surface area (Å²) in [7, 11) is 0. The maximum atomic E-state index is 12.1. The van der Waals surface area contributed by atoms with Crippen molar-refractivity contribution in [1.29, 1.82) is 0 Å².